The van der Waals surface area contributed by atoms with Crippen molar-refractivity contribution in [2.45, 2.75) is 101 Å². The molecule has 2 bridgehead atoms. The van der Waals surface area contributed by atoms with Gasteiger partial charge in [-0.2, -0.15) is 0 Å². The van der Waals surface area contributed by atoms with Crippen molar-refractivity contribution in [2.24, 2.45) is 11.8 Å². The normalized spacial score (nSPS) is 47.5. The molecule has 6 rings (SSSR count). The summed E-state index contributed by atoms with van der Waals surface area (Å²) >= 11 is 0. The molecule has 1 spiro atoms. The molecule has 5 atom stereocenters. The van der Waals surface area contributed by atoms with E-state index in [1.54, 1.807) is 0 Å². The van der Waals surface area contributed by atoms with Crippen LogP contribution in [0.5, 0.6) is 0 Å². The first-order valence-electron chi connectivity index (χ1n) is 12.6. The molecule has 0 radical (unpaired) electrons. The molecule has 2 unspecified atom stereocenters. The first-order valence-corrected chi connectivity index (χ1v) is 12.6. The van der Waals surface area contributed by atoms with Crippen LogP contribution in [-0.2, 0) is 14.2 Å². The number of ether oxygens (including phenoxy) is 3. The molecular weight excluding hydrogens is 364 g/mol. The summed E-state index contributed by atoms with van der Waals surface area (Å²) in [7, 11) is 0. The first kappa shape index (κ1) is 20.7. The molecule has 4 saturated heterocycles. The van der Waals surface area contributed by atoms with Crippen LogP contribution in [0.15, 0.2) is 0 Å². The molecule has 0 amide bonds. The minimum absolute atomic E-state index is 0.0884. The summed E-state index contributed by atoms with van der Waals surface area (Å²) in [6, 6.07) is 0.429. The molecule has 0 aromatic carbocycles. The molecule has 5 heteroatoms. The van der Waals surface area contributed by atoms with Gasteiger partial charge in [0.1, 0.15) is 0 Å². The lowest BCUT2D eigenvalue weighted by Gasteiger charge is -2.44. The summed E-state index contributed by atoms with van der Waals surface area (Å²) in [5, 5.41) is 3.84. The molecule has 6 aliphatic rings. The van der Waals surface area contributed by atoms with E-state index in [1.807, 2.05) is 0 Å². The van der Waals surface area contributed by atoms with Crippen LogP contribution in [-0.4, -0.2) is 74.2 Å². The zero-order chi connectivity index (χ0) is 19.7. The predicted molar refractivity (Wildman–Crippen MR) is 114 cm³/mol. The predicted octanol–water partition coefficient (Wildman–Crippen LogP) is 3.36. The first-order chi connectivity index (χ1) is 14.2. The molecule has 4 heterocycles. The van der Waals surface area contributed by atoms with Gasteiger partial charge in [0.15, 0.2) is 0 Å². The summed E-state index contributed by atoms with van der Waals surface area (Å²) in [5.41, 5.74) is 0.0884. The van der Waals surface area contributed by atoms with Gasteiger partial charge in [-0.3, -0.25) is 4.90 Å². The second kappa shape index (κ2) is 9.12. The Morgan fingerprint density at radius 1 is 0.966 bits per heavy atom. The Bertz CT molecular complexity index is 530. The zero-order valence-corrected chi connectivity index (χ0v) is 18.4. The highest BCUT2D eigenvalue weighted by molar-refractivity contribution is 5.07. The van der Waals surface area contributed by atoms with Gasteiger partial charge in [-0.05, 0) is 70.1 Å². The lowest BCUT2D eigenvalue weighted by atomic mass is 9.71. The standard InChI is InChI=1S/C24H42N2O3/c1-18-10-13-26-14-11-24(17-27-15-12-25-24)23(26)16-28-20-8-6-19(7-9-20)21-4-2-3-5-22(21)29-18/h18-23,25H,2-17H2,1H3/t18-,19?,20?,21?,22?,23+,24-/m0/s1. The Morgan fingerprint density at radius 2 is 1.83 bits per heavy atom. The monoisotopic (exact) mass is 406 g/mol. The van der Waals surface area contributed by atoms with E-state index in [9.17, 15) is 0 Å². The largest absolute Gasteiger partial charge is 0.378 e. The molecule has 0 aromatic rings. The number of rotatable bonds is 0. The Kier molecular flexibility index (Phi) is 6.50. The second-order valence-corrected chi connectivity index (χ2v) is 10.5. The van der Waals surface area contributed by atoms with Crippen molar-refractivity contribution >= 4 is 0 Å². The highest BCUT2D eigenvalue weighted by Crippen LogP contribution is 2.41. The molecule has 2 saturated carbocycles. The molecule has 4 aliphatic heterocycles. The Hall–Kier alpha value is -0.200. The number of hydrogen-bond donors (Lipinski definition) is 1. The van der Waals surface area contributed by atoms with Crippen molar-refractivity contribution in [3.05, 3.63) is 0 Å². The van der Waals surface area contributed by atoms with Crippen molar-refractivity contribution < 1.29 is 14.2 Å². The number of fused-ring (bicyclic) bond motifs is 6. The van der Waals surface area contributed by atoms with E-state index in [0.717, 1.165) is 57.7 Å². The van der Waals surface area contributed by atoms with E-state index in [4.69, 9.17) is 14.2 Å². The van der Waals surface area contributed by atoms with Crippen molar-refractivity contribution in [1.82, 2.24) is 10.2 Å². The molecule has 166 valence electrons. The van der Waals surface area contributed by atoms with E-state index in [-0.39, 0.29) is 5.54 Å². The smallest absolute Gasteiger partial charge is 0.0665 e. The maximum Gasteiger partial charge on any atom is 0.0665 e. The fourth-order valence-electron chi connectivity index (χ4n) is 7.06. The van der Waals surface area contributed by atoms with Crippen LogP contribution in [0.1, 0.15) is 71.1 Å². The average Bonchev–Trinajstić information content (AvgIpc) is 3.08. The molecule has 2 aliphatic carbocycles. The molecule has 5 nitrogen and oxygen atoms in total. The van der Waals surface area contributed by atoms with Gasteiger partial charge in [0, 0.05) is 19.6 Å². The summed E-state index contributed by atoms with van der Waals surface area (Å²) in [6.45, 7) is 8.08. The highest BCUT2D eigenvalue weighted by Gasteiger charge is 2.49. The Labute approximate surface area is 177 Å². The Morgan fingerprint density at radius 3 is 2.66 bits per heavy atom. The third-order valence-electron chi connectivity index (χ3n) is 8.80. The van der Waals surface area contributed by atoms with Crippen LogP contribution in [0.2, 0.25) is 0 Å². The summed E-state index contributed by atoms with van der Waals surface area (Å²) in [4.78, 5) is 2.68. The third-order valence-corrected chi connectivity index (χ3v) is 8.80. The van der Waals surface area contributed by atoms with Crippen molar-refractivity contribution in [2.75, 3.05) is 39.5 Å². The lowest BCUT2D eigenvalue weighted by molar-refractivity contribution is -0.0948. The van der Waals surface area contributed by atoms with Crippen LogP contribution in [0.25, 0.3) is 0 Å². The summed E-state index contributed by atoms with van der Waals surface area (Å²) in [5.74, 6) is 1.65. The van der Waals surface area contributed by atoms with Crippen LogP contribution in [0, 0.1) is 11.8 Å². The number of nitrogens with one attached hydrogen (secondary N) is 1. The van der Waals surface area contributed by atoms with Gasteiger partial charge in [0.25, 0.3) is 0 Å². The molecule has 6 fully saturated rings. The third kappa shape index (κ3) is 4.41. The van der Waals surface area contributed by atoms with Crippen LogP contribution in [0.3, 0.4) is 0 Å². The highest BCUT2D eigenvalue weighted by atomic mass is 16.5. The SMILES string of the molecule is C[C@H]1CCN2CC[C@]3(COCCN3)[C@H]2COC2CCC(CC2)C2CCCCC2O1. The molecular formula is C24H42N2O3. The number of morpholine rings is 1. The van der Waals surface area contributed by atoms with E-state index >= 15 is 0 Å². The number of hydrogen-bond acceptors (Lipinski definition) is 5. The second-order valence-electron chi connectivity index (χ2n) is 10.5. The van der Waals surface area contributed by atoms with E-state index in [2.05, 4.69) is 17.1 Å². The van der Waals surface area contributed by atoms with E-state index in [1.165, 1.54) is 57.8 Å². The fourth-order valence-corrected chi connectivity index (χ4v) is 7.06. The van der Waals surface area contributed by atoms with Crippen molar-refractivity contribution in [1.29, 1.82) is 0 Å². The van der Waals surface area contributed by atoms with Gasteiger partial charge < -0.3 is 19.5 Å². The average molecular weight is 407 g/mol. The van der Waals surface area contributed by atoms with Gasteiger partial charge in [-0.1, -0.05) is 12.8 Å². The van der Waals surface area contributed by atoms with Gasteiger partial charge in [-0.25, -0.2) is 0 Å². The minimum Gasteiger partial charge on any atom is -0.378 e. The Balaban J connectivity index is 1.32. The molecule has 1 N–H and O–H groups in total. The summed E-state index contributed by atoms with van der Waals surface area (Å²) < 4.78 is 19.3. The molecule has 29 heavy (non-hydrogen) atoms. The maximum atomic E-state index is 6.74. The topological polar surface area (TPSA) is 43.0 Å². The van der Waals surface area contributed by atoms with Gasteiger partial charge >= 0.3 is 0 Å². The van der Waals surface area contributed by atoms with Crippen molar-refractivity contribution in [3.63, 3.8) is 0 Å². The maximum absolute atomic E-state index is 6.74. The summed E-state index contributed by atoms with van der Waals surface area (Å²) in [6.07, 6.45) is 14.2. The van der Waals surface area contributed by atoms with Gasteiger partial charge in [0.2, 0.25) is 0 Å². The van der Waals surface area contributed by atoms with Crippen LogP contribution < -0.4 is 5.32 Å². The number of nitrogens with zero attached hydrogens (tertiary/aromatic N) is 1. The minimum atomic E-state index is 0.0884. The van der Waals surface area contributed by atoms with Gasteiger partial charge in [-0.15, -0.1) is 0 Å². The van der Waals surface area contributed by atoms with Crippen LogP contribution in [0.4, 0.5) is 0 Å². The lowest BCUT2D eigenvalue weighted by Crippen LogP contribution is -2.63. The molecule has 0 aromatic heterocycles. The quantitative estimate of drug-likeness (QED) is 0.668. The van der Waals surface area contributed by atoms with Gasteiger partial charge in [0.05, 0.1) is 49.7 Å². The fraction of sp³-hybridized carbons (Fsp3) is 1.00. The van der Waals surface area contributed by atoms with Crippen molar-refractivity contribution in [3.8, 4) is 0 Å². The van der Waals surface area contributed by atoms with E-state index < -0.39 is 0 Å². The van der Waals surface area contributed by atoms with Crippen LogP contribution >= 0.6 is 0 Å². The van der Waals surface area contributed by atoms with E-state index in [0.29, 0.717) is 24.4 Å². The zero-order valence-electron chi connectivity index (χ0n) is 18.4.